The monoisotopic (exact) mass is 791 g/mol. The van der Waals surface area contributed by atoms with Gasteiger partial charge in [0.1, 0.15) is 11.2 Å². The zero-order valence-electron chi connectivity index (χ0n) is 33.7. The highest BCUT2D eigenvalue weighted by atomic mass is 16.3. The van der Waals surface area contributed by atoms with E-state index < -0.39 is 0 Å². The van der Waals surface area contributed by atoms with Gasteiger partial charge in [0.2, 0.25) is 0 Å². The van der Waals surface area contributed by atoms with Crippen LogP contribution in [0.15, 0.2) is 239 Å². The molecule has 0 N–H and O–H groups in total. The van der Waals surface area contributed by atoms with E-state index in [2.05, 4.69) is 181 Å². The van der Waals surface area contributed by atoms with Crippen LogP contribution >= 0.6 is 0 Å². The van der Waals surface area contributed by atoms with Gasteiger partial charge in [-0.2, -0.15) is 0 Å². The molecule has 9 aromatic carbocycles. The molecule has 290 valence electrons. The first-order valence-corrected chi connectivity index (χ1v) is 20.9. The van der Waals surface area contributed by atoms with Crippen molar-refractivity contribution < 1.29 is 4.42 Å². The van der Waals surface area contributed by atoms with Gasteiger partial charge in [0.05, 0.1) is 22.4 Å². The normalized spacial score (nSPS) is 13.2. The van der Waals surface area contributed by atoms with Crippen LogP contribution in [0.4, 0.5) is 0 Å². The number of fused-ring (bicyclic) bond motifs is 7. The molecule has 0 saturated carbocycles. The molecule has 0 bridgehead atoms. The van der Waals surface area contributed by atoms with Crippen LogP contribution in [0, 0.1) is 0 Å². The number of nitrogens with zero attached hydrogens (tertiary/aromatic N) is 3. The highest BCUT2D eigenvalue weighted by molar-refractivity contribution is 6.27. The molecule has 1 aliphatic rings. The lowest BCUT2D eigenvalue weighted by atomic mass is 9.98. The molecule has 12 rings (SSSR count). The van der Waals surface area contributed by atoms with Crippen LogP contribution in [-0.4, -0.2) is 16.1 Å². The van der Waals surface area contributed by atoms with Crippen molar-refractivity contribution in [3.05, 3.63) is 241 Å². The minimum atomic E-state index is 0.594. The van der Waals surface area contributed by atoms with Gasteiger partial charge in [0.25, 0.3) is 0 Å². The van der Waals surface area contributed by atoms with Crippen molar-refractivity contribution in [3.8, 4) is 27.9 Å². The summed E-state index contributed by atoms with van der Waals surface area (Å²) in [5, 5.41) is 6.78. The van der Waals surface area contributed by atoms with Crippen molar-refractivity contribution in [1.29, 1.82) is 0 Å². The van der Waals surface area contributed by atoms with Crippen LogP contribution in [-0.2, 0) is 0 Å². The van der Waals surface area contributed by atoms with Crippen LogP contribution in [0.25, 0.3) is 88.2 Å². The van der Waals surface area contributed by atoms with Crippen molar-refractivity contribution >= 4 is 71.8 Å². The highest BCUT2D eigenvalue weighted by Gasteiger charge is 2.22. The third kappa shape index (κ3) is 6.00. The first-order valence-electron chi connectivity index (χ1n) is 20.9. The Balaban J connectivity index is 1.06. The summed E-state index contributed by atoms with van der Waals surface area (Å²) in [5.74, 6) is 0.594. The van der Waals surface area contributed by atoms with E-state index in [-0.39, 0.29) is 0 Å². The highest BCUT2D eigenvalue weighted by Crippen LogP contribution is 2.40. The number of allylic oxidation sites excluding steroid dienone is 2. The Morgan fingerprint density at radius 3 is 1.77 bits per heavy atom. The van der Waals surface area contributed by atoms with Crippen molar-refractivity contribution in [2.24, 2.45) is 9.98 Å². The zero-order valence-corrected chi connectivity index (χ0v) is 33.7. The fourth-order valence-electron chi connectivity index (χ4n) is 9.09. The molecule has 0 aliphatic carbocycles. The second kappa shape index (κ2) is 14.4. The summed E-state index contributed by atoms with van der Waals surface area (Å²) in [6, 6.07) is 72.6. The molecule has 4 heteroatoms. The maximum atomic E-state index is 6.64. The Bertz CT molecular complexity index is 3660. The molecule has 0 amide bonds. The Hall–Kier alpha value is -8.34. The summed E-state index contributed by atoms with van der Waals surface area (Å²) in [4.78, 5) is 10.7. The Labute approximate surface area is 358 Å². The number of benzene rings is 9. The summed E-state index contributed by atoms with van der Waals surface area (Å²) >= 11 is 0. The number of aliphatic imine (C=N–C) groups is 2. The van der Waals surface area contributed by atoms with Crippen molar-refractivity contribution in [2.75, 3.05) is 0 Å². The molecule has 0 radical (unpaired) electrons. The lowest BCUT2D eigenvalue weighted by Crippen LogP contribution is -2.07. The molecule has 3 heterocycles. The topological polar surface area (TPSA) is 42.8 Å². The standard InChI is InChI=1S/C58H37N3O/c1-37-32-51(41-18-9-4-10-19-41)59-58(60-57(37)42-26-24-40(25-27-42)38-14-5-2-6-15-38)47-22-13-23-55-56(47)50-36-46(29-31-54(50)62-55)61-52-30-28-45(39-16-7-3-8-17-39)34-48(52)49-33-43-20-11-12-21-44(43)35-53(49)61/h2-36H,1H2. The van der Waals surface area contributed by atoms with Gasteiger partial charge >= 0.3 is 0 Å². The fourth-order valence-corrected chi connectivity index (χ4v) is 9.09. The second-order valence-corrected chi connectivity index (χ2v) is 15.9. The molecular formula is C58H37N3O. The van der Waals surface area contributed by atoms with Gasteiger partial charge < -0.3 is 8.98 Å². The predicted octanol–water partition coefficient (Wildman–Crippen LogP) is 15.0. The number of furan rings is 1. The number of aromatic nitrogens is 1. The molecule has 1 aliphatic heterocycles. The van der Waals surface area contributed by atoms with Crippen LogP contribution in [0.2, 0.25) is 0 Å². The van der Waals surface area contributed by atoms with Gasteiger partial charge in [-0.05, 0) is 93.2 Å². The van der Waals surface area contributed by atoms with Gasteiger partial charge in [-0.25, -0.2) is 9.98 Å². The molecule has 0 spiro atoms. The number of hydrogen-bond acceptors (Lipinski definition) is 3. The van der Waals surface area contributed by atoms with Gasteiger partial charge in [-0.15, -0.1) is 0 Å². The molecule has 62 heavy (non-hydrogen) atoms. The quantitative estimate of drug-likeness (QED) is 0.165. The summed E-state index contributed by atoms with van der Waals surface area (Å²) in [6.07, 6.45) is 2.05. The third-order valence-electron chi connectivity index (χ3n) is 12.1. The molecule has 11 aromatic rings. The molecule has 2 aromatic heterocycles. The van der Waals surface area contributed by atoms with Crippen LogP contribution < -0.4 is 0 Å². The molecule has 0 fully saturated rings. The molecule has 0 unspecified atom stereocenters. The van der Waals surface area contributed by atoms with Crippen LogP contribution in [0.1, 0.15) is 16.7 Å². The van der Waals surface area contributed by atoms with E-state index in [4.69, 9.17) is 14.4 Å². The van der Waals surface area contributed by atoms with Crippen molar-refractivity contribution in [2.45, 2.75) is 0 Å². The zero-order chi connectivity index (χ0) is 41.1. The van der Waals surface area contributed by atoms with E-state index in [0.29, 0.717) is 5.84 Å². The summed E-state index contributed by atoms with van der Waals surface area (Å²) in [7, 11) is 0. The van der Waals surface area contributed by atoms with Gasteiger partial charge in [0, 0.05) is 43.9 Å². The van der Waals surface area contributed by atoms with Crippen LogP contribution in [0.5, 0.6) is 0 Å². The van der Waals surface area contributed by atoms with E-state index in [0.717, 1.165) is 77.9 Å². The third-order valence-corrected chi connectivity index (χ3v) is 12.1. The minimum absolute atomic E-state index is 0.594. The van der Waals surface area contributed by atoms with Gasteiger partial charge in [-0.3, -0.25) is 0 Å². The Morgan fingerprint density at radius 1 is 0.419 bits per heavy atom. The van der Waals surface area contributed by atoms with Gasteiger partial charge in [-0.1, -0.05) is 164 Å². The number of rotatable bonds is 6. The predicted molar refractivity (Wildman–Crippen MR) is 260 cm³/mol. The molecule has 0 atom stereocenters. The van der Waals surface area contributed by atoms with E-state index in [1.54, 1.807) is 0 Å². The maximum Gasteiger partial charge on any atom is 0.161 e. The van der Waals surface area contributed by atoms with Crippen molar-refractivity contribution in [1.82, 2.24) is 4.57 Å². The smallest absolute Gasteiger partial charge is 0.161 e. The second-order valence-electron chi connectivity index (χ2n) is 15.9. The van der Waals surface area contributed by atoms with E-state index >= 15 is 0 Å². The van der Waals surface area contributed by atoms with E-state index in [9.17, 15) is 0 Å². The lowest BCUT2D eigenvalue weighted by molar-refractivity contribution is 0.669. The molecular weight excluding hydrogens is 755 g/mol. The maximum absolute atomic E-state index is 6.64. The number of hydrogen-bond donors (Lipinski definition) is 0. The number of amidine groups is 1. The average molecular weight is 792 g/mol. The van der Waals surface area contributed by atoms with E-state index in [1.165, 1.54) is 38.2 Å². The van der Waals surface area contributed by atoms with Crippen molar-refractivity contribution in [3.63, 3.8) is 0 Å². The van der Waals surface area contributed by atoms with E-state index in [1.807, 2.05) is 42.5 Å². The summed E-state index contributed by atoms with van der Waals surface area (Å²) in [5.41, 5.74) is 14.8. The Morgan fingerprint density at radius 2 is 1.03 bits per heavy atom. The molecule has 0 saturated heterocycles. The minimum Gasteiger partial charge on any atom is -0.456 e. The summed E-state index contributed by atoms with van der Waals surface area (Å²) < 4.78 is 9.03. The van der Waals surface area contributed by atoms with Gasteiger partial charge in [0.15, 0.2) is 5.84 Å². The molecule has 4 nitrogen and oxygen atoms in total. The first-order chi connectivity index (χ1) is 30.6. The lowest BCUT2D eigenvalue weighted by Gasteiger charge is -2.10. The SMILES string of the molecule is C=C1C=C(c2ccccc2)N=C(c2cccc3oc4ccc(-n5c6ccc(-c7ccccc7)cc6c6cc7ccccc7cc65)cc4c23)N=C1c1ccc(-c2ccccc2)cc1. The first kappa shape index (κ1) is 35.6. The summed E-state index contributed by atoms with van der Waals surface area (Å²) in [6.45, 7) is 4.55. The van der Waals surface area contributed by atoms with Crippen LogP contribution in [0.3, 0.4) is 0 Å². The Kier molecular flexibility index (Phi) is 8.29. The fraction of sp³-hybridized carbons (Fsp3) is 0. The largest absolute Gasteiger partial charge is 0.456 e. The average Bonchev–Trinajstić information content (AvgIpc) is 3.80.